The Bertz CT molecular complexity index is 688. The number of amides is 1. The second kappa shape index (κ2) is 8.84. The van der Waals surface area contributed by atoms with E-state index in [1.807, 2.05) is 0 Å². The summed E-state index contributed by atoms with van der Waals surface area (Å²) in [6.45, 7) is 7.25. The summed E-state index contributed by atoms with van der Waals surface area (Å²) in [5, 5.41) is 12.1. The molecule has 0 saturated carbocycles. The fourth-order valence-electron chi connectivity index (χ4n) is 2.16. The molecule has 0 aliphatic carbocycles. The van der Waals surface area contributed by atoms with Gasteiger partial charge in [-0.1, -0.05) is 18.7 Å². The van der Waals surface area contributed by atoms with Crippen molar-refractivity contribution in [2.24, 2.45) is 0 Å². The Morgan fingerprint density at radius 1 is 1.42 bits per heavy atom. The predicted molar refractivity (Wildman–Crippen MR) is 95.4 cm³/mol. The summed E-state index contributed by atoms with van der Waals surface area (Å²) in [5.74, 6) is 1.54. The minimum absolute atomic E-state index is 0.0573. The summed E-state index contributed by atoms with van der Waals surface area (Å²) in [5.41, 5.74) is 0.769. The molecule has 9 heteroatoms. The molecule has 0 fully saturated rings. The van der Waals surface area contributed by atoms with E-state index in [9.17, 15) is 4.79 Å². The third-order valence-electron chi connectivity index (χ3n) is 3.10. The van der Waals surface area contributed by atoms with Gasteiger partial charge in [0.15, 0.2) is 10.8 Å². The Morgan fingerprint density at radius 2 is 2.21 bits per heavy atom. The zero-order chi connectivity index (χ0) is 17.5. The molecule has 0 atom stereocenters. The highest BCUT2D eigenvalue weighted by Gasteiger charge is 2.14. The Morgan fingerprint density at radius 3 is 2.88 bits per heavy atom. The Balaban J connectivity index is 2.21. The van der Waals surface area contributed by atoms with Gasteiger partial charge in [0.2, 0.25) is 5.91 Å². The molecule has 2 heterocycles. The first-order valence-corrected chi connectivity index (χ1v) is 8.92. The summed E-state index contributed by atoms with van der Waals surface area (Å²) in [7, 11) is 1.49. The van der Waals surface area contributed by atoms with Gasteiger partial charge in [-0.2, -0.15) is 5.10 Å². The van der Waals surface area contributed by atoms with Crippen LogP contribution in [0.15, 0.2) is 11.4 Å². The van der Waals surface area contributed by atoms with E-state index in [2.05, 4.69) is 46.5 Å². The first kappa shape index (κ1) is 18.5. The highest BCUT2D eigenvalue weighted by Crippen LogP contribution is 2.24. The smallest absolute Gasteiger partial charge is 0.246 e. The van der Waals surface area contributed by atoms with Crippen LogP contribution in [0, 0.1) is 0 Å². The van der Waals surface area contributed by atoms with Crippen LogP contribution in [0.25, 0.3) is 11.0 Å². The van der Waals surface area contributed by atoms with Crippen LogP contribution in [-0.4, -0.2) is 57.7 Å². The lowest BCUT2D eigenvalue weighted by Crippen LogP contribution is -2.30. The molecule has 0 aliphatic rings. The standard InChI is InChI=1S/C15H24N6O2S/c1-5-24-15-19-13(18-10(2)3)11-8-17-21(14(11)20-15)7-6-16-12(22)9-23-4/h8,10H,5-7,9H2,1-4H3,(H,16,22)(H,18,19,20). The average Bonchev–Trinajstić information content (AvgIpc) is 2.91. The van der Waals surface area contributed by atoms with Gasteiger partial charge in [-0.25, -0.2) is 14.6 Å². The maximum Gasteiger partial charge on any atom is 0.246 e. The number of carbonyl (C=O) groups excluding carboxylic acids is 1. The van der Waals surface area contributed by atoms with Crippen LogP contribution in [0.1, 0.15) is 20.8 Å². The third kappa shape index (κ3) is 4.81. The maximum absolute atomic E-state index is 11.4. The zero-order valence-corrected chi connectivity index (χ0v) is 15.3. The van der Waals surface area contributed by atoms with E-state index < -0.39 is 0 Å². The van der Waals surface area contributed by atoms with Crippen molar-refractivity contribution in [3.05, 3.63) is 6.20 Å². The van der Waals surface area contributed by atoms with Gasteiger partial charge in [-0.05, 0) is 19.6 Å². The van der Waals surface area contributed by atoms with E-state index in [1.165, 1.54) is 7.11 Å². The molecule has 0 aromatic carbocycles. The molecule has 132 valence electrons. The Labute approximate surface area is 145 Å². The molecule has 0 spiro atoms. The first-order valence-electron chi connectivity index (χ1n) is 7.93. The lowest BCUT2D eigenvalue weighted by molar-refractivity contribution is -0.124. The van der Waals surface area contributed by atoms with Gasteiger partial charge in [-0.15, -0.1) is 0 Å². The quantitative estimate of drug-likeness (QED) is 0.522. The van der Waals surface area contributed by atoms with Crippen LogP contribution in [0.4, 0.5) is 5.82 Å². The molecule has 8 nitrogen and oxygen atoms in total. The monoisotopic (exact) mass is 352 g/mol. The van der Waals surface area contributed by atoms with Crippen molar-refractivity contribution in [2.45, 2.75) is 38.5 Å². The molecule has 24 heavy (non-hydrogen) atoms. The number of carbonyl (C=O) groups is 1. The summed E-state index contributed by atoms with van der Waals surface area (Å²) < 4.78 is 6.58. The van der Waals surface area contributed by atoms with Gasteiger partial charge in [0.25, 0.3) is 0 Å². The predicted octanol–water partition coefficient (Wildman–Crippen LogP) is 1.52. The number of thioether (sulfide) groups is 1. The molecule has 0 bridgehead atoms. The van der Waals surface area contributed by atoms with E-state index in [-0.39, 0.29) is 18.6 Å². The fraction of sp³-hybridized carbons (Fsp3) is 0.600. The van der Waals surface area contributed by atoms with Crippen molar-refractivity contribution in [3.8, 4) is 0 Å². The molecule has 0 saturated heterocycles. The minimum Gasteiger partial charge on any atom is -0.375 e. The molecule has 2 rings (SSSR count). The van der Waals surface area contributed by atoms with Crippen molar-refractivity contribution >= 4 is 34.5 Å². The first-order chi connectivity index (χ1) is 11.5. The highest BCUT2D eigenvalue weighted by molar-refractivity contribution is 7.99. The van der Waals surface area contributed by atoms with Crippen LogP contribution in [0.2, 0.25) is 0 Å². The number of aromatic nitrogens is 4. The normalized spacial score (nSPS) is 11.2. The van der Waals surface area contributed by atoms with Gasteiger partial charge >= 0.3 is 0 Å². The number of rotatable bonds is 9. The van der Waals surface area contributed by atoms with Crippen molar-refractivity contribution < 1.29 is 9.53 Å². The third-order valence-corrected chi connectivity index (χ3v) is 3.83. The minimum atomic E-state index is -0.145. The number of ether oxygens (including phenoxy) is 1. The number of hydrogen-bond donors (Lipinski definition) is 2. The number of nitrogens with one attached hydrogen (secondary N) is 2. The molecule has 0 aliphatic heterocycles. The molecule has 2 N–H and O–H groups in total. The maximum atomic E-state index is 11.4. The number of nitrogens with zero attached hydrogens (tertiary/aromatic N) is 4. The highest BCUT2D eigenvalue weighted by atomic mass is 32.2. The number of hydrogen-bond acceptors (Lipinski definition) is 7. The van der Waals surface area contributed by atoms with E-state index in [1.54, 1.807) is 22.6 Å². The molecule has 0 radical (unpaired) electrons. The second-order valence-electron chi connectivity index (χ2n) is 5.47. The van der Waals surface area contributed by atoms with Crippen LogP contribution < -0.4 is 10.6 Å². The Kier molecular flexibility index (Phi) is 6.80. The van der Waals surface area contributed by atoms with Crippen LogP contribution >= 0.6 is 11.8 Å². The topological polar surface area (TPSA) is 94.0 Å². The number of anilines is 1. The van der Waals surface area contributed by atoms with Crippen LogP contribution in [0.3, 0.4) is 0 Å². The summed E-state index contributed by atoms with van der Waals surface area (Å²) in [4.78, 5) is 20.6. The average molecular weight is 352 g/mol. The largest absolute Gasteiger partial charge is 0.375 e. The molecule has 2 aromatic heterocycles. The fourth-order valence-corrected chi connectivity index (χ4v) is 2.72. The molecule has 0 unspecified atom stereocenters. The second-order valence-corrected chi connectivity index (χ2v) is 6.71. The van der Waals surface area contributed by atoms with E-state index in [0.29, 0.717) is 13.1 Å². The molecule has 1 amide bonds. The lowest BCUT2D eigenvalue weighted by Gasteiger charge is -2.11. The van der Waals surface area contributed by atoms with Crippen molar-refractivity contribution in [1.82, 2.24) is 25.1 Å². The summed E-state index contributed by atoms with van der Waals surface area (Å²) in [6.07, 6.45) is 1.76. The van der Waals surface area contributed by atoms with E-state index in [4.69, 9.17) is 4.74 Å². The zero-order valence-electron chi connectivity index (χ0n) is 14.5. The van der Waals surface area contributed by atoms with Gasteiger partial charge < -0.3 is 15.4 Å². The SMILES string of the molecule is CCSc1nc(NC(C)C)c2cnn(CCNC(=O)COC)c2n1. The number of fused-ring (bicyclic) bond motifs is 1. The van der Waals surface area contributed by atoms with E-state index >= 15 is 0 Å². The van der Waals surface area contributed by atoms with Crippen LogP contribution in [-0.2, 0) is 16.1 Å². The van der Waals surface area contributed by atoms with Gasteiger partial charge in [-0.3, -0.25) is 4.79 Å². The van der Waals surface area contributed by atoms with Crippen LogP contribution in [0.5, 0.6) is 0 Å². The Hall–Kier alpha value is -1.87. The summed E-state index contributed by atoms with van der Waals surface area (Å²) in [6, 6.07) is 0.263. The van der Waals surface area contributed by atoms with Crippen molar-refractivity contribution in [2.75, 3.05) is 31.3 Å². The number of methoxy groups -OCH3 is 1. The van der Waals surface area contributed by atoms with Gasteiger partial charge in [0.05, 0.1) is 18.1 Å². The molecule has 2 aromatic rings. The van der Waals surface area contributed by atoms with E-state index in [0.717, 1.165) is 27.8 Å². The van der Waals surface area contributed by atoms with Crippen molar-refractivity contribution in [3.63, 3.8) is 0 Å². The summed E-state index contributed by atoms with van der Waals surface area (Å²) >= 11 is 1.59. The van der Waals surface area contributed by atoms with Gasteiger partial charge in [0, 0.05) is 19.7 Å². The molecular formula is C15H24N6O2S. The molecular weight excluding hydrogens is 328 g/mol. The lowest BCUT2D eigenvalue weighted by atomic mass is 10.3. The van der Waals surface area contributed by atoms with Gasteiger partial charge in [0.1, 0.15) is 12.4 Å². The van der Waals surface area contributed by atoms with Crippen molar-refractivity contribution in [1.29, 1.82) is 0 Å².